The van der Waals surface area contributed by atoms with E-state index in [1.54, 1.807) is 30.3 Å². The summed E-state index contributed by atoms with van der Waals surface area (Å²) in [6, 6.07) is 3.67. The number of nitrogens with zero attached hydrogens (tertiary/aromatic N) is 4. The Morgan fingerprint density at radius 3 is 2.68 bits per heavy atom. The summed E-state index contributed by atoms with van der Waals surface area (Å²) in [6.07, 6.45) is 9.02. The molecule has 0 aliphatic heterocycles. The molecule has 1 fully saturated rings. The molecule has 1 amide bonds. The summed E-state index contributed by atoms with van der Waals surface area (Å²) in [5, 5.41) is 4.08. The summed E-state index contributed by atoms with van der Waals surface area (Å²) in [5.74, 6) is 1.85. The van der Waals surface area contributed by atoms with Gasteiger partial charge in [0.05, 0.1) is 30.6 Å². The van der Waals surface area contributed by atoms with Gasteiger partial charge in [-0.15, -0.1) is 0 Å². The minimum Gasteiger partial charge on any atom is -0.490 e. The maximum Gasteiger partial charge on any atom is 0.232 e. The fraction of sp³-hybridized carbons (Fsp3) is 0.625. The Morgan fingerprint density at radius 2 is 2.00 bits per heavy atom. The van der Waals surface area contributed by atoms with Gasteiger partial charge in [0.15, 0.2) is 12.0 Å². The SMILES string of the molecule is COCO[C@H](COc1cnn(C)c1)N(COC)C(=O)Cc1cc(O[C@H]2CC[C@H](C)CC2)ccn1. The molecule has 1 aliphatic carbocycles. The molecule has 2 heterocycles. The van der Waals surface area contributed by atoms with Crippen molar-refractivity contribution in [3.63, 3.8) is 0 Å². The second-order valence-electron chi connectivity index (χ2n) is 8.63. The Morgan fingerprint density at radius 1 is 1.21 bits per heavy atom. The average Bonchev–Trinajstić information content (AvgIpc) is 3.25. The van der Waals surface area contributed by atoms with Crippen molar-refractivity contribution in [3.8, 4) is 11.5 Å². The lowest BCUT2D eigenvalue weighted by atomic mass is 9.89. The molecule has 2 aromatic heterocycles. The number of hydrogen-bond acceptors (Lipinski definition) is 8. The zero-order valence-corrected chi connectivity index (χ0v) is 20.5. The summed E-state index contributed by atoms with van der Waals surface area (Å²) in [7, 11) is 4.84. The number of aromatic nitrogens is 3. The van der Waals surface area contributed by atoms with E-state index in [1.165, 1.54) is 32.0 Å². The first-order valence-electron chi connectivity index (χ1n) is 11.6. The molecule has 0 N–H and O–H groups in total. The highest BCUT2D eigenvalue weighted by Crippen LogP contribution is 2.27. The summed E-state index contributed by atoms with van der Waals surface area (Å²) in [6.45, 7) is 2.39. The number of rotatable bonds is 13. The van der Waals surface area contributed by atoms with Gasteiger partial charge in [0, 0.05) is 33.5 Å². The maximum atomic E-state index is 13.2. The fourth-order valence-electron chi connectivity index (χ4n) is 3.89. The molecule has 0 radical (unpaired) electrons. The van der Waals surface area contributed by atoms with Gasteiger partial charge in [-0.1, -0.05) is 6.92 Å². The lowest BCUT2D eigenvalue weighted by molar-refractivity contribution is -0.178. The molecule has 0 spiro atoms. The minimum absolute atomic E-state index is 0.00383. The van der Waals surface area contributed by atoms with Crippen molar-refractivity contribution in [1.82, 2.24) is 19.7 Å². The standard InChI is InChI=1S/C24H36N4O6/c1-18-5-7-20(8-6-18)34-21-9-10-25-19(11-21)12-23(29)28(16-30-3)24(33-17-31-4)15-32-22-13-26-27(2)14-22/h9-11,13-14,18,20,24H,5-8,12,15-17H2,1-4H3/t18-,20-,24-/m1/s1. The van der Waals surface area contributed by atoms with Crippen molar-refractivity contribution in [2.45, 2.75) is 51.4 Å². The molecule has 34 heavy (non-hydrogen) atoms. The summed E-state index contributed by atoms with van der Waals surface area (Å²) in [5.41, 5.74) is 0.617. The molecule has 2 aromatic rings. The van der Waals surface area contributed by atoms with E-state index < -0.39 is 6.23 Å². The number of hydrogen-bond donors (Lipinski definition) is 0. The van der Waals surface area contributed by atoms with Gasteiger partial charge in [-0.25, -0.2) is 0 Å². The van der Waals surface area contributed by atoms with E-state index in [4.69, 9.17) is 23.7 Å². The van der Waals surface area contributed by atoms with Gasteiger partial charge >= 0.3 is 0 Å². The Hall–Kier alpha value is -2.69. The summed E-state index contributed by atoms with van der Waals surface area (Å²) in [4.78, 5) is 19.1. The van der Waals surface area contributed by atoms with Crippen LogP contribution in [0.3, 0.4) is 0 Å². The van der Waals surface area contributed by atoms with Crippen molar-refractivity contribution in [1.29, 1.82) is 0 Å². The number of carbonyl (C=O) groups is 1. The molecule has 1 atom stereocenters. The van der Waals surface area contributed by atoms with Crippen LogP contribution in [0.4, 0.5) is 0 Å². The predicted molar refractivity (Wildman–Crippen MR) is 124 cm³/mol. The molecule has 0 unspecified atom stereocenters. The van der Waals surface area contributed by atoms with Crippen LogP contribution >= 0.6 is 0 Å². The quantitative estimate of drug-likeness (QED) is 0.407. The van der Waals surface area contributed by atoms with Gasteiger partial charge in [-0.2, -0.15) is 5.10 Å². The third-order valence-corrected chi connectivity index (χ3v) is 5.77. The fourth-order valence-corrected chi connectivity index (χ4v) is 3.89. The second kappa shape index (κ2) is 13.3. The van der Waals surface area contributed by atoms with E-state index >= 15 is 0 Å². The Labute approximate surface area is 201 Å². The Bertz CT molecular complexity index is 884. The number of amides is 1. The lowest BCUT2D eigenvalue weighted by Crippen LogP contribution is -2.47. The molecular formula is C24H36N4O6. The summed E-state index contributed by atoms with van der Waals surface area (Å²) >= 11 is 0. The second-order valence-corrected chi connectivity index (χ2v) is 8.63. The Balaban J connectivity index is 1.64. The molecule has 0 aromatic carbocycles. The van der Waals surface area contributed by atoms with Crippen molar-refractivity contribution < 1.29 is 28.5 Å². The normalized spacial score (nSPS) is 18.9. The molecular weight excluding hydrogens is 440 g/mol. The van der Waals surface area contributed by atoms with Crippen LogP contribution in [0.2, 0.25) is 0 Å². The predicted octanol–water partition coefficient (Wildman–Crippen LogP) is 2.77. The van der Waals surface area contributed by atoms with Crippen LogP contribution < -0.4 is 9.47 Å². The molecule has 1 aliphatic rings. The molecule has 10 heteroatoms. The van der Waals surface area contributed by atoms with Crippen LogP contribution in [0.1, 0.15) is 38.3 Å². The third kappa shape index (κ3) is 7.96. The number of ether oxygens (including phenoxy) is 5. The lowest BCUT2D eigenvalue weighted by Gasteiger charge is -2.30. The van der Waals surface area contributed by atoms with Gasteiger partial charge in [0.2, 0.25) is 5.91 Å². The number of aryl methyl sites for hydroxylation is 1. The maximum absolute atomic E-state index is 13.2. The monoisotopic (exact) mass is 476 g/mol. The molecule has 0 bridgehead atoms. The molecule has 10 nitrogen and oxygen atoms in total. The first-order valence-corrected chi connectivity index (χ1v) is 11.6. The van der Waals surface area contributed by atoms with Gasteiger partial charge in [-0.05, 0) is 37.7 Å². The van der Waals surface area contributed by atoms with Crippen LogP contribution in [0.5, 0.6) is 11.5 Å². The van der Waals surface area contributed by atoms with E-state index in [-0.39, 0.29) is 38.6 Å². The molecule has 188 valence electrons. The largest absolute Gasteiger partial charge is 0.490 e. The molecule has 0 saturated heterocycles. The number of carbonyl (C=O) groups excluding carboxylic acids is 1. The average molecular weight is 477 g/mol. The summed E-state index contributed by atoms with van der Waals surface area (Å²) < 4.78 is 29.6. The Kier molecular flexibility index (Phi) is 10.1. The third-order valence-electron chi connectivity index (χ3n) is 5.77. The first kappa shape index (κ1) is 25.9. The highest BCUT2D eigenvalue weighted by Gasteiger charge is 2.26. The van der Waals surface area contributed by atoms with E-state index in [0.717, 1.165) is 24.5 Å². The number of pyridine rings is 1. The highest BCUT2D eigenvalue weighted by atomic mass is 16.7. The smallest absolute Gasteiger partial charge is 0.232 e. The van der Waals surface area contributed by atoms with Crippen LogP contribution in [0, 0.1) is 5.92 Å². The van der Waals surface area contributed by atoms with Gasteiger partial charge in [0.1, 0.15) is 25.9 Å². The van der Waals surface area contributed by atoms with E-state index in [0.29, 0.717) is 11.4 Å². The van der Waals surface area contributed by atoms with Crippen molar-refractivity contribution in [3.05, 3.63) is 36.4 Å². The van der Waals surface area contributed by atoms with E-state index in [2.05, 4.69) is 17.0 Å². The molecule has 3 rings (SSSR count). The van der Waals surface area contributed by atoms with Crippen LogP contribution in [-0.4, -0.2) is 72.3 Å². The van der Waals surface area contributed by atoms with Gasteiger partial charge in [0.25, 0.3) is 0 Å². The minimum atomic E-state index is -0.726. The first-order chi connectivity index (χ1) is 16.5. The topological polar surface area (TPSA) is 97.2 Å². The molecule has 1 saturated carbocycles. The van der Waals surface area contributed by atoms with Crippen molar-refractivity contribution in [2.24, 2.45) is 13.0 Å². The van der Waals surface area contributed by atoms with Crippen LogP contribution in [-0.2, 0) is 32.5 Å². The van der Waals surface area contributed by atoms with Crippen LogP contribution in [0.25, 0.3) is 0 Å². The van der Waals surface area contributed by atoms with Gasteiger partial charge < -0.3 is 23.7 Å². The highest BCUT2D eigenvalue weighted by molar-refractivity contribution is 5.78. The number of methoxy groups -OCH3 is 2. The van der Waals surface area contributed by atoms with Gasteiger partial charge in [-0.3, -0.25) is 19.4 Å². The van der Waals surface area contributed by atoms with Crippen LogP contribution in [0.15, 0.2) is 30.7 Å². The van der Waals surface area contributed by atoms with Crippen molar-refractivity contribution >= 4 is 5.91 Å². The van der Waals surface area contributed by atoms with Crippen molar-refractivity contribution in [2.75, 3.05) is 34.4 Å². The van der Waals surface area contributed by atoms with E-state index in [1.807, 2.05) is 12.1 Å². The van der Waals surface area contributed by atoms with E-state index in [9.17, 15) is 4.79 Å². The zero-order chi connectivity index (χ0) is 24.3. The zero-order valence-electron chi connectivity index (χ0n) is 20.5.